The van der Waals surface area contributed by atoms with Crippen molar-refractivity contribution in [2.24, 2.45) is 5.92 Å². The van der Waals surface area contributed by atoms with Gasteiger partial charge in [0.2, 0.25) is 0 Å². The second kappa shape index (κ2) is 8.20. The normalized spacial score (nSPS) is 18.7. The largest absolute Gasteiger partial charge is 0.489 e. The fourth-order valence-corrected chi connectivity index (χ4v) is 2.81. The molecule has 118 valence electrons. The first kappa shape index (κ1) is 16.8. The number of hydrogen-bond acceptors (Lipinski definition) is 4. The Bertz CT molecular complexity index is 451. The lowest BCUT2D eigenvalue weighted by atomic mass is 9.98. The predicted octanol–water partition coefficient (Wildman–Crippen LogP) is 2.44. The fourth-order valence-electron chi connectivity index (χ4n) is 2.48. The highest BCUT2D eigenvalue weighted by molar-refractivity contribution is 6.34. The first-order chi connectivity index (χ1) is 10.1. The van der Waals surface area contributed by atoms with Crippen LogP contribution in [0.4, 0.5) is 0 Å². The lowest BCUT2D eigenvalue weighted by molar-refractivity contribution is 0.0489. The zero-order chi connectivity index (χ0) is 15.2. The Morgan fingerprint density at radius 2 is 2.00 bits per heavy atom. The smallest absolute Gasteiger partial charge is 0.139 e. The van der Waals surface area contributed by atoms with Crippen molar-refractivity contribution in [3.8, 4) is 5.75 Å². The van der Waals surface area contributed by atoms with E-state index in [0.29, 0.717) is 28.3 Å². The molecule has 0 radical (unpaired) electrons. The molecule has 1 atom stereocenters. The highest BCUT2D eigenvalue weighted by Crippen LogP contribution is 2.27. The van der Waals surface area contributed by atoms with Gasteiger partial charge in [0.1, 0.15) is 18.5 Å². The van der Waals surface area contributed by atoms with Crippen molar-refractivity contribution >= 4 is 23.2 Å². The molecule has 1 aromatic carbocycles. The van der Waals surface area contributed by atoms with Gasteiger partial charge in [-0.05, 0) is 44.0 Å². The molecular weight excluding hydrogens is 313 g/mol. The molecule has 0 spiro atoms. The van der Waals surface area contributed by atoms with E-state index in [-0.39, 0.29) is 13.2 Å². The number of benzene rings is 1. The molecule has 1 aliphatic rings. The summed E-state index contributed by atoms with van der Waals surface area (Å²) >= 11 is 11.9. The molecule has 0 saturated carbocycles. The third-order valence-electron chi connectivity index (χ3n) is 3.76. The molecule has 1 aliphatic heterocycles. The highest BCUT2D eigenvalue weighted by Gasteiger charge is 2.20. The van der Waals surface area contributed by atoms with Crippen LogP contribution in [0.2, 0.25) is 10.0 Å². The summed E-state index contributed by atoms with van der Waals surface area (Å²) in [4.78, 5) is 2.19. The molecule has 0 aliphatic carbocycles. The molecule has 1 unspecified atom stereocenters. The van der Waals surface area contributed by atoms with Crippen molar-refractivity contribution in [1.82, 2.24) is 4.90 Å². The number of ether oxygens (including phenoxy) is 1. The van der Waals surface area contributed by atoms with Gasteiger partial charge in [-0.3, -0.25) is 0 Å². The van der Waals surface area contributed by atoms with Crippen LogP contribution in [0, 0.1) is 5.92 Å². The topological polar surface area (TPSA) is 52.9 Å². The molecule has 0 amide bonds. The molecule has 2 rings (SSSR count). The third-order valence-corrected chi connectivity index (χ3v) is 4.31. The Morgan fingerprint density at radius 3 is 2.67 bits per heavy atom. The monoisotopic (exact) mass is 333 g/mol. The van der Waals surface area contributed by atoms with E-state index in [9.17, 15) is 5.11 Å². The van der Waals surface area contributed by atoms with Crippen LogP contribution in [0.1, 0.15) is 12.8 Å². The summed E-state index contributed by atoms with van der Waals surface area (Å²) in [6, 6.07) is 5.01. The maximum Gasteiger partial charge on any atom is 0.139 e. The summed E-state index contributed by atoms with van der Waals surface area (Å²) in [6.45, 7) is 2.81. The molecule has 1 aromatic rings. The third kappa shape index (κ3) is 5.31. The maximum atomic E-state index is 10.1. The lowest BCUT2D eigenvalue weighted by Gasteiger charge is -2.32. The van der Waals surface area contributed by atoms with Crippen molar-refractivity contribution in [3.05, 3.63) is 28.2 Å². The molecule has 0 bridgehead atoms. The number of piperidine rings is 1. The van der Waals surface area contributed by atoms with Crippen LogP contribution < -0.4 is 4.74 Å². The van der Waals surface area contributed by atoms with Gasteiger partial charge in [-0.25, -0.2) is 0 Å². The molecule has 2 N–H and O–H groups in total. The van der Waals surface area contributed by atoms with E-state index in [2.05, 4.69) is 4.90 Å². The standard InChI is InChI=1S/C15H21Cl2NO3/c16-12-1-2-14(17)15(7-12)21-10-13(20)8-18-5-3-11(9-19)4-6-18/h1-2,7,11,13,19-20H,3-6,8-10H2. The molecule has 1 fully saturated rings. The molecule has 21 heavy (non-hydrogen) atoms. The number of halogens is 2. The summed E-state index contributed by atoms with van der Waals surface area (Å²) in [5.41, 5.74) is 0. The van der Waals surface area contributed by atoms with Gasteiger partial charge in [-0.15, -0.1) is 0 Å². The molecule has 1 saturated heterocycles. The highest BCUT2D eigenvalue weighted by atomic mass is 35.5. The van der Waals surface area contributed by atoms with Gasteiger partial charge in [0.25, 0.3) is 0 Å². The minimum absolute atomic E-state index is 0.181. The van der Waals surface area contributed by atoms with Crippen molar-refractivity contribution < 1.29 is 14.9 Å². The van der Waals surface area contributed by atoms with Gasteiger partial charge in [0.15, 0.2) is 0 Å². The minimum Gasteiger partial charge on any atom is -0.489 e. The second-order valence-corrected chi connectivity index (χ2v) is 6.31. The Labute approximate surface area is 135 Å². The molecular formula is C15H21Cl2NO3. The lowest BCUT2D eigenvalue weighted by Crippen LogP contribution is -2.41. The average Bonchev–Trinajstić information content (AvgIpc) is 2.49. The second-order valence-electron chi connectivity index (χ2n) is 5.47. The first-order valence-corrected chi connectivity index (χ1v) is 7.93. The van der Waals surface area contributed by atoms with Crippen LogP contribution in [0.25, 0.3) is 0 Å². The van der Waals surface area contributed by atoms with Gasteiger partial charge in [-0.1, -0.05) is 23.2 Å². The Balaban J connectivity index is 1.75. The van der Waals surface area contributed by atoms with Crippen molar-refractivity contribution in [2.75, 3.05) is 32.8 Å². The predicted molar refractivity (Wildman–Crippen MR) is 84.2 cm³/mol. The van der Waals surface area contributed by atoms with E-state index >= 15 is 0 Å². The number of aliphatic hydroxyl groups excluding tert-OH is 2. The minimum atomic E-state index is -0.578. The maximum absolute atomic E-state index is 10.1. The van der Waals surface area contributed by atoms with Crippen molar-refractivity contribution in [1.29, 1.82) is 0 Å². The van der Waals surface area contributed by atoms with Crippen molar-refractivity contribution in [2.45, 2.75) is 18.9 Å². The fraction of sp³-hybridized carbons (Fsp3) is 0.600. The van der Waals surface area contributed by atoms with Gasteiger partial charge in [0.05, 0.1) is 5.02 Å². The van der Waals surface area contributed by atoms with E-state index in [1.54, 1.807) is 18.2 Å². The van der Waals surface area contributed by atoms with E-state index in [1.807, 2.05) is 0 Å². The van der Waals surface area contributed by atoms with Crippen LogP contribution in [-0.2, 0) is 0 Å². The number of hydrogen-bond donors (Lipinski definition) is 2. The number of rotatable bonds is 6. The van der Waals surface area contributed by atoms with E-state index in [1.165, 1.54) is 0 Å². The van der Waals surface area contributed by atoms with E-state index in [4.69, 9.17) is 33.0 Å². The van der Waals surface area contributed by atoms with Crippen LogP contribution in [0.5, 0.6) is 5.75 Å². The quantitative estimate of drug-likeness (QED) is 0.839. The molecule has 0 aromatic heterocycles. The zero-order valence-electron chi connectivity index (χ0n) is 11.8. The molecule has 4 nitrogen and oxygen atoms in total. The average molecular weight is 334 g/mol. The first-order valence-electron chi connectivity index (χ1n) is 7.17. The number of likely N-dealkylation sites (tertiary alicyclic amines) is 1. The van der Waals surface area contributed by atoms with Crippen LogP contribution >= 0.6 is 23.2 Å². The van der Waals surface area contributed by atoms with E-state index < -0.39 is 6.10 Å². The summed E-state index contributed by atoms with van der Waals surface area (Å²) in [5, 5.41) is 20.2. The van der Waals surface area contributed by atoms with Gasteiger partial charge >= 0.3 is 0 Å². The number of nitrogens with zero attached hydrogens (tertiary/aromatic N) is 1. The van der Waals surface area contributed by atoms with Gasteiger partial charge in [-0.2, -0.15) is 0 Å². The summed E-state index contributed by atoms with van der Waals surface area (Å²) in [7, 11) is 0. The summed E-state index contributed by atoms with van der Waals surface area (Å²) in [6.07, 6.45) is 1.37. The SMILES string of the molecule is OCC1CCN(CC(O)COc2cc(Cl)ccc2Cl)CC1. The van der Waals surface area contributed by atoms with Crippen LogP contribution in [-0.4, -0.2) is 54.1 Å². The Hall–Kier alpha value is -0.520. The van der Waals surface area contributed by atoms with Crippen LogP contribution in [0.15, 0.2) is 18.2 Å². The Kier molecular flexibility index (Phi) is 6.58. The van der Waals surface area contributed by atoms with E-state index in [0.717, 1.165) is 25.9 Å². The number of β-amino-alcohol motifs (C(OH)–C–C–N with tert-alkyl or cyclic N) is 1. The summed E-state index contributed by atoms with van der Waals surface area (Å²) in [5.74, 6) is 0.891. The molecule has 1 heterocycles. The zero-order valence-corrected chi connectivity index (χ0v) is 13.4. The van der Waals surface area contributed by atoms with Gasteiger partial charge in [0, 0.05) is 24.2 Å². The van der Waals surface area contributed by atoms with Crippen LogP contribution in [0.3, 0.4) is 0 Å². The van der Waals surface area contributed by atoms with Crippen molar-refractivity contribution in [3.63, 3.8) is 0 Å². The molecule has 6 heteroatoms. The Morgan fingerprint density at radius 1 is 1.29 bits per heavy atom. The number of aliphatic hydroxyl groups is 2. The van der Waals surface area contributed by atoms with Gasteiger partial charge < -0.3 is 19.8 Å². The summed E-state index contributed by atoms with van der Waals surface area (Å²) < 4.78 is 5.53.